The number of benzene rings is 1. The number of urea groups is 1. The fraction of sp³-hybridized carbons (Fsp3) is 0.286. The van der Waals surface area contributed by atoms with E-state index in [0.717, 1.165) is 17.7 Å². The third-order valence-corrected chi connectivity index (χ3v) is 4.99. The SMILES string of the molecule is C[C@H](NC(=O)Nc1cnn(-c2ccncc2)c1)c1ccc2c(c1)CCCC2. The van der Waals surface area contributed by atoms with Gasteiger partial charge in [0.2, 0.25) is 0 Å². The summed E-state index contributed by atoms with van der Waals surface area (Å²) in [6, 6.07) is 9.97. The lowest BCUT2D eigenvalue weighted by molar-refractivity contribution is 0.249. The van der Waals surface area contributed by atoms with Gasteiger partial charge < -0.3 is 10.6 Å². The molecule has 2 amide bonds. The molecule has 3 aromatic rings. The molecule has 1 atom stereocenters. The fourth-order valence-electron chi connectivity index (χ4n) is 3.50. The van der Waals surface area contributed by atoms with Crippen molar-refractivity contribution < 1.29 is 4.79 Å². The highest BCUT2D eigenvalue weighted by atomic mass is 16.2. The summed E-state index contributed by atoms with van der Waals surface area (Å²) < 4.78 is 1.70. The number of aryl methyl sites for hydroxylation is 2. The number of carbonyl (C=O) groups excluding carboxylic acids is 1. The van der Waals surface area contributed by atoms with Crippen molar-refractivity contribution in [2.45, 2.75) is 38.6 Å². The molecule has 27 heavy (non-hydrogen) atoms. The molecule has 0 saturated carbocycles. The molecule has 2 N–H and O–H groups in total. The van der Waals surface area contributed by atoms with Crippen LogP contribution in [-0.4, -0.2) is 20.8 Å². The van der Waals surface area contributed by atoms with Gasteiger partial charge in [0.1, 0.15) is 0 Å². The minimum absolute atomic E-state index is 0.0625. The summed E-state index contributed by atoms with van der Waals surface area (Å²) >= 11 is 0. The molecule has 1 aromatic carbocycles. The predicted molar refractivity (Wildman–Crippen MR) is 105 cm³/mol. The standard InChI is InChI=1S/C21H23N5O/c1-15(17-7-6-16-4-2-3-5-18(16)12-17)24-21(27)25-19-13-23-26(14-19)20-8-10-22-11-9-20/h6-15H,2-5H2,1H3,(H2,24,25,27)/t15-/m0/s1. The normalized spacial score (nSPS) is 14.3. The molecule has 2 heterocycles. The van der Waals surface area contributed by atoms with E-state index in [4.69, 9.17) is 0 Å². The van der Waals surface area contributed by atoms with Crippen molar-refractivity contribution in [3.63, 3.8) is 0 Å². The van der Waals surface area contributed by atoms with Gasteiger partial charge in [-0.15, -0.1) is 0 Å². The Kier molecular flexibility index (Phi) is 4.87. The number of rotatable bonds is 4. The molecular weight excluding hydrogens is 338 g/mol. The van der Waals surface area contributed by atoms with E-state index in [-0.39, 0.29) is 12.1 Å². The van der Waals surface area contributed by atoms with Crippen molar-refractivity contribution >= 4 is 11.7 Å². The Bertz CT molecular complexity index is 935. The number of nitrogens with one attached hydrogen (secondary N) is 2. The molecule has 138 valence electrons. The van der Waals surface area contributed by atoms with E-state index in [1.165, 1.54) is 30.4 Å². The lowest BCUT2D eigenvalue weighted by Crippen LogP contribution is -2.31. The molecule has 6 heteroatoms. The van der Waals surface area contributed by atoms with Crippen LogP contribution in [0.5, 0.6) is 0 Å². The molecule has 0 radical (unpaired) electrons. The topological polar surface area (TPSA) is 71.8 Å². The molecule has 0 fully saturated rings. The van der Waals surface area contributed by atoms with Gasteiger partial charge in [-0.2, -0.15) is 5.10 Å². The number of carbonyl (C=O) groups is 1. The molecule has 1 aliphatic rings. The summed E-state index contributed by atoms with van der Waals surface area (Å²) in [6.45, 7) is 2.00. The smallest absolute Gasteiger partial charge is 0.319 e. The first-order valence-electron chi connectivity index (χ1n) is 9.33. The van der Waals surface area contributed by atoms with Gasteiger partial charge in [-0.3, -0.25) is 4.98 Å². The Hall–Kier alpha value is -3.15. The molecule has 1 aliphatic carbocycles. The van der Waals surface area contributed by atoms with E-state index in [1.54, 1.807) is 29.5 Å². The van der Waals surface area contributed by atoms with Crippen molar-refractivity contribution in [2.24, 2.45) is 0 Å². The highest BCUT2D eigenvalue weighted by Crippen LogP contribution is 2.24. The zero-order valence-electron chi connectivity index (χ0n) is 15.4. The van der Waals surface area contributed by atoms with Crippen LogP contribution in [0.25, 0.3) is 5.69 Å². The molecule has 0 spiro atoms. The summed E-state index contributed by atoms with van der Waals surface area (Å²) in [7, 11) is 0. The van der Waals surface area contributed by atoms with E-state index >= 15 is 0 Å². The quantitative estimate of drug-likeness (QED) is 0.737. The second-order valence-corrected chi connectivity index (χ2v) is 6.93. The van der Waals surface area contributed by atoms with Crippen LogP contribution in [0.15, 0.2) is 55.1 Å². The lowest BCUT2D eigenvalue weighted by atomic mass is 9.89. The van der Waals surface area contributed by atoms with Crippen molar-refractivity contribution in [1.29, 1.82) is 0 Å². The van der Waals surface area contributed by atoms with Crippen LogP contribution in [0.3, 0.4) is 0 Å². The zero-order valence-corrected chi connectivity index (χ0v) is 15.4. The number of aromatic nitrogens is 3. The first-order chi connectivity index (χ1) is 13.2. The van der Waals surface area contributed by atoms with Gasteiger partial charge in [-0.05, 0) is 61.4 Å². The van der Waals surface area contributed by atoms with Crippen LogP contribution in [0.1, 0.15) is 42.5 Å². The molecule has 0 bridgehead atoms. The third kappa shape index (κ3) is 4.00. The third-order valence-electron chi connectivity index (χ3n) is 4.99. The Morgan fingerprint density at radius 1 is 1.11 bits per heavy atom. The Morgan fingerprint density at radius 2 is 1.89 bits per heavy atom. The van der Waals surface area contributed by atoms with Crippen LogP contribution < -0.4 is 10.6 Å². The number of fused-ring (bicyclic) bond motifs is 1. The van der Waals surface area contributed by atoms with Gasteiger partial charge in [0.05, 0.1) is 29.8 Å². The maximum Gasteiger partial charge on any atom is 0.319 e. The van der Waals surface area contributed by atoms with Gasteiger partial charge in [0.15, 0.2) is 0 Å². The minimum Gasteiger partial charge on any atom is -0.331 e. The number of amides is 2. The van der Waals surface area contributed by atoms with Gasteiger partial charge in [-0.1, -0.05) is 18.2 Å². The summed E-state index contributed by atoms with van der Waals surface area (Å²) in [4.78, 5) is 16.4. The maximum atomic E-state index is 12.4. The first-order valence-corrected chi connectivity index (χ1v) is 9.33. The van der Waals surface area contributed by atoms with E-state index < -0.39 is 0 Å². The monoisotopic (exact) mass is 361 g/mol. The van der Waals surface area contributed by atoms with E-state index in [9.17, 15) is 4.79 Å². The van der Waals surface area contributed by atoms with E-state index in [0.29, 0.717) is 5.69 Å². The minimum atomic E-state index is -0.241. The van der Waals surface area contributed by atoms with Gasteiger partial charge >= 0.3 is 6.03 Å². The van der Waals surface area contributed by atoms with Gasteiger partial charge in [0, 0.05) is 12.4 Å². The predicted octanol–water partition coefficient (Wildman–Crippen LogP) is 4.03. The summed E-state index contributed by atoms with van der Waals surface area (Å²) in [5.74, 6) is 0. The second kappa shape index (κ2) is 7.61. The average molecular weight is 361 g/mol. The van der Waals surface area contributed by atoms with Crippen LogP contribution in [0.4, 0.5) is 10.5 Å². The molecular formula is C21H23N5O. The zero-order chi connectivity index (χ0) is 18.6. The number of hydrogen-bond acceptors (Lipinski definition) is 3. The number of hydrogen-bond donors (Lipinski definition) is 2. The van der Waals surface area contributed by atoms with Crippen molar-refractivity contribution in [3.8, 4) is 5.69 Å². The number of pyridine rings is 1. The molecule has 4 rings (SSSR count). The number of nitrogens with zero attached hydrogens (tertiary/aromatic N) is 3. The number of anilines is 1. The first kappa shape index (κ1) is 17.3. The molecule has 0 unspecified atom stereocenters. The van der Waals surface area contributed by atoms with Gasteiger partial charge in [-0.25, -0.2) is 9.48 Å². The highest BCUT2D eigenvalue weighted by Gasteiger charge is 2.14. The Morgan fingerprint density at radius 3 is 2.70 bits per heavy atom. The molecule has 0 saturated heterocycles. The fourth-order valence-corrected chi connectivity index (χ4v) is 3.50. The van der Waals surface area contributed by atoms with Crippen LogP contribution in [-0.2, 0) is 12.8 Å². The Labute approximate surface area is 158 Å². The van der Waals surface area contributed by atoms with E-state index in [1.807, 2.05) is 19.1 Å². The molecule has 0 aliphatic heterocycles. The molecule has 6 nitrogen and oxygen atoms in total. The maximum absolute atomic E-state index is 12.4. The van der Waals surface area contributed by atoms with Crippen molar-refractivity contribution in [3.05, 3.63) is 71.8 Å². The van der Waals surface area contributed by atoms with Crippen molar-refractivity contribution in [1.82, 2.24) is 20.1 Å². The second-order valence-electron chi connectivity index (χ2n) is 6.93. The van der Waals surface area contributed by atoms with Crippen molar-refractivity contribution in [2.75, 3.05) is 5.32 Å². The summed E-state index contributed by atoms with van der Waals surface area (Å²) in [5.41, 5.74) is 5.54. The lowest BCUT2D eigenvalue weighted by Gasteiger charge is -2.20. The average Bonchev–Trinajstić information content (AvgIpc) is 3.16. The summed E-state index contributed by atoms with van der Waals surface area (Å²) in [6.07, 6.45) is 11.6. The highest BCUT2D eigenvalue weighted by molar-refractivity contribution is 5.89. The van der Waals surface area contributed by atoms with Crippen LogP contribution >= 0.6 is 0 Å². The largest absolute Gasteiger partial charge is 0.331 e. The Balaban J connectivity index is 1.39. The van der Waals surface area contributed by atoms with E-state index in [2.05, 4.69) is 38.9 Å². The van der Waals surface area contributed by atoms with Gasteiger partial charge in [0.25, 0.3) is 0 Å². The molecule has 2 aromatic heterocycles. The van der Waals surface area contributed by atoms with Crippen LogP contribution in [0, 0.1) is 0 Å². The van der Waals surface area contributed by atoms with Crippen LogP contribution in [0.2, 0.25) is 0 Å². The summed E-state index contributed by atoms with van der Waals surface area (Å²) in [5, 5.41) is 10.1.